The molecule has 0 fully saturated rings. The lowest BCUT2D eigenvalue weighted by Crippen LogP contribution is -2.10. The highest BCUT2D eigenvalue weighted by molar-refractivity contribution is 7.90. The van der Waals surface area contributed by atoms with Crippen molar-refractivity contribution in [3.8, 4) is 17.0 Å². The van der Waals surface area contributed by atoms with Crippen LogP contribution in [-0.2, 0) is 9.84 Å². The first kappa shape index (κ1) is 18.1. The van der Waals surface area contributed by atoms with Crippen molar-refractivity contribution < 1.29 is 17.9 Å². The molecule has 0 saturated carbocycles. The summed E-state index contributed by atoms with van der Waals surface area (Å²) in [5, 5.41) is 0.0128. The van der Waals surface area contributed by atoms with Crippen molar-refractivity contribution in [2.75, 3.05) is 6.26 Å². The van der Waals surface area contributed by atoms with Crippen molar-refractivity contribution in [2.24, 2.45) is 0 Å². The molecule has 0 amide bonds. The molecular formula is C19H14ClNO4S. The minimum Gasteiger partial charge on any atom is -0.423 e. The van der Waals surface area contributed by atoms with Gasteiger partial charge in [-0.15, -0.1) is 0 Å². The third-order valence-corrected chi connectivity index (χ3v) is 5.02. The fourth-order valence-electron chi connectivity index (χ4n) is 2.31. The number of carbonyl (C=O) groups is 1. The van der Waals surface area contributed by atoms with Crippen LogP contribution in [0.2, 0.25) is 5.02 Å². The molecule has 3 aromatic rings. The van der Waals surface area contributed by atoms with E-state index in [1.165, 1.54) is 18.2 Å². The molecule has 5 nitrogen and oxygen atoms in total. The predicted octanol–water partition coefficient (Wildman–Crippen LogP) is 4.02. The van der Waals surface area contributed by atoms with Crippen LogP contribution in [0.15, 0.2) is 71.8 Å². The van der Waals surface area contributed by atoms with Gasteiger partial charge in [0.25, 0.3) is 0 Å². The second kappa shape index (κ2) is 7.27. The number of halogens is 1. The standard InChI is InChI=1S/C19H14ClNO4S/c1-26(23,24)15-8-9-16(17(20)12-15)19(22)25-14-6-4-5-13(11-14)18-7-2-3-10-21-18/h2-12H,1H3. The third kappa shape index (κ3) is 4.09. The molecule has 132 valence electrons. The SMILES string of the molecule is CS(=O)(=O)c1ccc(C(=O)Oc2cccc(-c3ccccn3)c2)c(Cl)c1. The molecule has 1 aromatic heterocycles. The molecule has 0 aliphatic rings. The van der Waals surface area contributed by atoms with E-state index in [2.05, 4.69) is 4.98 Å². The van der Waals surface area contributed by atoms with Gasteiger partial charge in [0.2, 0.25) is 0 Å². The number of benzene rings is 2. The van der Waals surface area contributed by atoms with Gasteiger partial charge in [-0.1, -0.05) is 29.8 Å². The average Bonchev–Trinajstić information content (AvgIpc) is 2.61. The molecule has 3 rings (SSSR count). The molecule has 0 bridgehead atoms. The number of hydrogen-bond donors (Lipinski definition) is 0. The molecule has 0 atom stereocenters. The molecule has 0 saturated heterocycles. The Balaban J connectivity index is 1.85. The summed E-state index contributed by atoms with van der Waals surface area (Å²) >= 11 is 6.05. The third-order valence-electron chi connectivity index (χ3n) is 3.59. The molecule has 1 heterocycles. The van der Waals surface area contributed by atoms with E-state index in [0.717, 1.165) is 17.5 Å². The Morgan fingerprint density at radius 2 is 1.85 bits per heavy atom. The first-order valence-corrected chi connectivity index (χ1v) is 9.85. The van der Waals surface area contributed by atoms with Gasteiger partial charge in [-0.05, 0) is 42.5 Å². The summed E-state index contributed by atoms with van der Waals surface area (Å²) in [4.78, 5) is 16.7. The Kier molecular flexibility index (Phi) is 5.06. The molecule has 2 aromatic carbocycles. The maximum atomic E-state index is 12.4. The van der Waals surface area contributed by atoms with Crippen LogP contribution in [0.5, 0.6) is 5.75 Å². The Bertz CT molecular complexity index is 1070. The number of ether oxygens (including phenoxy) is 1. The average molecular weight is 388 g/mol. The highest BCUT2D eigenvalue weighted by Crippen LogP contribution is 2.25. The van der Waals surface area contributed by atoms with Crippen LogP contribution >= 0.6 is 11.6 Å². The number of sulfone groups is 1. The molecule has 0 aliphatic carbocycles. The summed E-state index contributed by atoms with van der Waals surface area (Å²) in [6, 6.07) is 16.4. The first-order valence-electron chi connectivity index (χ1n) is 7.58. The number of aromatic nitrogens is 1. The van der Waals surface area contributed by atoms with Crippen LogP contribution in [-0.4, -0.2) is 25.6 Å². The summed E-state index contributed by atoms with van der Waals surface area (Å²) in [7, 11) is -3.41. The minimum absolute atomic E-state index is 0.0128. The molecule has 0 N–H and O–H groups in total. The van der Waals surface area contributed by atoms with E-state index in [9.17, 15) is 13.2 Å². The minimum atomic E-state index is -3.41. The van der Waals surface area contributed by atoms with Gasteiger partial charge >= 0.3 is 5.97 Å². The Labute approximate surface area is 156 Å². The van der Waals surface area contributed by atoms with Gasteiger partial charge in [-0.3, -0.25) is 4.98 Å². The normalized spacial score (nSPS) is 11.2. The van der Waals surface area contributed by atoms with E-state index >= 15 is 0 Å². The molecule has 0 spiro atoms. The monoisotopic (exact) mass is 387 g/mol. The number of nitrogens with zero attached hydrogens (tertiary/aromatic N) is 1. The number of carbonyl (C=O) groups excluding carboxylic acids is 1. The lowest BCUT2D eigenvalue weighted by molar-refractivity contribution is 0.0735. The number of rotatable bonds is 4. The zero-order valence-corrected chi connectivity index (χ0v) is 15.3. The van der Waals surface area contributed by atoms with Crippen molar-refractivity contribution in [1.29, 1.82) is 0 Å². The Morgan fingerprint density at radius 1 is 1.04 bits per heavy atom. The lowest BCUT2D eigenvalue weighted by Gasteiger charge is -2.08. The predicted molar refractivity (Wildman–Crippen MR) is 99.2 cm³/mol. The van der Waals surface area contributed by atoms with Crippen molar-refractivity contribution >= 4 is 27.4 Å². The van der Waals surface area contributed by atoms with Crippen LogP contribution in [0.1, 0.15) is 10.4 Å². The lowest BCUT2D eigenvalue weighted by atomic mass is 10.1. The maximum absolute atomic E-state index is 12.4. The van der Waals surface area contributed by atoms with Crippen molar-refractivity contribution in [1.82, 2.24) is 4.98 Å². The fourth-order valence-corrected chi connectivity index (χ4v) is 3.28. The van der Waals surface area contributed by atoms with Crippen LogP contribution in [0.25, 0.3) is 11.3 Å². The maximum Gasteiger partial charge on any atom is 0.345 e. The van der Waals surface area contributed by atoms with E-state index in [4.69, 9.17) is 16.3 Å². The van der Waals surface area contributed by atoms with E-state index < -0.39 is 15.8 Å². The number of hydrogen-bond acceptors (Lipinski definition) is 5. The summed E-state index contributed by atoms with van der Waals surface area (Å²) in [5.41, 5.74) is 1.64. The second-order valence-electron chi connectivity index (χ2n) is 5.55. The first-order chi connectivity index (χ1) is 12.3. The molecule has 0 unspecified atom stereocenters. The highest BCUT2D eigenvalue weighted by Gasteiger charge is 2.16. The fraction of sp³-hybridized carbons (Fsp3) is 0.0526. The van der Waals surface area contributed by atoms with Gasteiger partial charge in [-0.2, -0.15) is 0 Å². The Hall–Kier alpha value is -2.70. The zero-order chi connectivity index (χ0) is 18.7. The molecule has 0 radical (unpaired) electrons. The van der Waals surface area contributed by atoms with Crippen LogP contribution < -0.4 is 4.74 Å². The summed E-state index contributed by atoms with van der Waals surface area (Å²) in [5.74, 6) is -0.338. The molecule has 26 heavy (non-hydrogen) atoms. The molecular weight excluding hydrogens is 374 g/mol. The zero-order valence-electron chi connectivity index (χ0n) is 13.7. The van der Waals surface area contributed by atoms with Gasteiger partial charge in [-0.25, -0.2) is 13.2 Å². The van der Waals surface area contributed by atoms with Gasteiger partial charge in [0.1, 0.15) is 5.75 Å². The van der Waals surface area contributed by atoms with Gasteiger partial charge in [0.05, 0.1) is 21.2 Å². The molecule has 0 aliphatic heterocycles. The largest absolute Gasteiger partial charge is 0.423 e. The second-order valence-corrected chi connectivity index (χ2v) is 7.97. The van der Waals surface area contributed by atoms with Crippen LogP contribution in [0, 0.1) is 0 Å². The van der Waals surface area contributed by atoms with E-state index in [1.807, 2.05) is 24.3 Å². The van der Waals surface area contributed by atoms with E-state index in [-0.39, 0.29) is 15.5 Å². The molecule has 7 heteroatoms. The van der Waals surface area contributed by atoms with Crippen molar-refractivity contribution in [3.05, 3.63) is 77.4 Å². The quantitative estimate of drug-likeness (QED) is 0.499. The summed E-state index contributed by atoms with van der Waals surface area (Å²) in [6.07, 6.45) is 2.75. The van der Waals surface area contributed by atoms with Crippen LogP contribution in [0.4, 0.5) is 0 Å². The summed E-state index contributed by atoms with van der Waals surface area (Å²) < 4.78 is 28.5. The highest BCUT2D eigenvalue weighted by atomic mass is 35.5. The van der Waals surface area contributed by atoms with Gasteiger partial charge < -0.3 is 4.74 Å². The van der Waals surface area contributed by atoms with E-state index in [1.54, 1.807) is 24.4 Å². The van der Waals surface area contributed by atoms with Gasteiger partial charge in [0.15, 0.2) is 9.84 Å². The van der Waals surface area contributed by atoms with Crippen molar-refractivity contribution in [3.63, 3.8) is 0 Å². The number of pyridine rings is 1. The topological polar surface area (TPSA) is 73.3 Å². The van der Waals surface area contributed by atoms with Gasteiger partial charge in [0, 0.05) is 18.0 Å². The van der Waals surface area contributed by atoms with E-state index in [0.29, 0.717) is 5.75 Å². The smallest absolute Gasteiger partial charge is 0.345 e. The summed E-state index contributed by atoms with van der Waals surface area (Å²) in [6.45, 7) is 0. The van der Waals surface area contributed by atoms with Crippen molar-refractivity contribution in [2.45, 2.75) is 4.90 Å². The van der Waals surface area contributed by atoms with Crippen LogP contribution in [0.3, 0.4) is 0 Å². The number of esters is 1. The Morgan fingerprint density at radius 3 is 2.50 bits per heavy atom.